The van der Waals surface area contributed by atoms with E-state index in [1.54, 1.807) is 29.8 Å². The molecule has 0 aromatic carbocycles. The predicted octanol–water partition coefficient (Wildman–Crippen LogP) is 2.74. The van der Waals surface area contributed by atoms with E-state index in [9.17, 15) is 4.79 Å². The van der Waals surface area contributed by atoms with E-state index in [1.165, 1.54) is 12.8 Å². The van der Waals surface area contributed by atoms with Crippen LogP contribution in [0.3, 0.4) is 0 Å². The Kier molecular flexibility index (Phi) is 5.59. The van der Waals surface area contributed by atoms with Gasteiger partial charge in [-0.25, -0.2) is 4.98 Å². The molecule has 4 heterocycles. The number of nitrogens with one attached hydrogen (secondary N) is 1. The SMILES string of the molecule is CN1CCC(CCn2nccc2C(=O)NCc2cc3c(N)nccc3s2)CC1. The number of anilines is 1. The lowest BCUT2D eigenvalue weighted by Gasteiger charge is -2.28. The lowest BCUT2D eigenvalue weighted by molar-refractivity contribution is 0.0939. The van der Waals surface area contributed by atoms with Crippen LogP contribution in [-0.2, 0) is 13.1 Å². The highest BCUT2D eigenvalue weighted by Crippen LogP contribution is 2.28. The van der Waals surface area contributed by atoms with E-state index < -0.39 is 0 Å². The zero-order valence-electron chi connectivity index (χ0n) is 16.1. The van der Waals surface area contributed by atoms with Crippen molar-refractivity contribution in [3.8, 4) is 0 Å². The summed E-state index contributed by atoms with van der Waals surface area (Å²) in [6.45, 7) is 3.58. The van der Waals surface area contributed by atoms with Crippen molar-refractivity contribution in [1.29, 1.82) is 0 Å². The van der Waals surface area contributed by atoms with Gasteiger partial charge in [-0.3, -0.25) is 9.48 Å². The van der Waals surface area contributed by atoms with Gasteiger partial charge in [0.25, 0.3) is 5.91 Å². The topological polar surface area (TPSA) is 89.1 Å². The third-order valence-corrected chi connectivity index (χ3v) is 6.59. The van der Waals surface area contributed by atoms with Crippen LogP contribution in [0.1, 0.15) is 34.6 Å². The molecule has 148 valence electrons. The van der Waals surface area contributed by atoms with Crippen LogP contribution in [0.4, 0.5) is 5.82 Å². The smallest absolute Gasteiger partial charge is 0.269 e. The summed E-state index contributed by atoms with van der Waals surface area (Å²) in [7, 11) is 2.17. The molecule has 3 aromatic rings. The molecule has 0 atom stereocenters. The number of rotatable bonds is 6. The highest BCUT2D eigenvalue weighted by Gasteiger charge is 2.18. The van der Waals surface area contributed by atoms with Gasteiger partial charge in [-0.05, 0) is 63.5 Å². The number of aromatic nitrogens is 3. The average Bonchev–Trinajstić information content (AvgIpc) is 3.33. The van der Waals surface area contributed by atoms with Crippen molar-refractivity contribution in [2.24, 2.45) is 5.92 Å². The molecule has 0 spiro atoms. The van der Waals surface area contributed by atoms with Crippen LogP contribution >= 0.6 is 11.3 Å². The van der Waals surface area contributed by atoms with Gasteiger partial charge in [0.05, 0.1) is 6.54 Å². The second-order valence-electron chi connectivity index (χ2n) is 7.48. The number of carbonyl (C=O) groups is 1. The van der Waals surface area contributed by atoms with Gasteiger partial charge in [-0.2, -0.15) is 5.10 Å². The minimum atomic E-state index is -0.0931. The summed E-state index contributed by atoms with van der Waals surface area (Å²) in [5.41, 5.74) is 6.54. The van der Waals surface area contributed by atoms with Crippen LogP contribution in [0.5, 0.6) is 0 Å². The van der Waals surface area contributed by atoms with Crippen molar-refractivity contribution < 1.29 is 4.79 Å². The maximum absolute atomic E-state index is 12.7. The van der Waals surface area contributed by atoms with E-state index in [1.807, 2.05) is 16.8 Å². The van der Waals surface area contributed by atoms with Gasteiger partial charge in [-0.1, -0.05) is 0 Å². The Balaban J connectivity index is 1.34. The van der Waals surface area contributed by atoms with E-state index in [-0.39, 0.29) is 5.91 Å². The number of nitrogens with zero attached hydrogens (tertiary/aromatic N) is 4. The standard InChI is InChI=1S/C20H26N6OS/c1-25-9-4-14(5-10-25)6-11-26-17(2-8-24-26)20(27)23-13-15-12-16-18(28-15)3-7-22-19(16)21/h2-3,7-8,12,14H,4-6,9-11,13H2,1H3,(H2,21,22)(H,23,27). The number of amides is 1. The fraction of sp³-hybridized carbons (Fsp3) is 0.450. The normalized spacial score (nSPS) is 15.9. The first-order chi connectivity index (χ1) is 13.6. The molecular formula is C20H26N6OS. The highest BCUT2D eigenvalue weighted by molar-refractivity contribution is 7.19. The summed E-state index contributed by atoms with van der Waals surface area (Å²) in [5, 5.41) is 8.31. The first-order valence-corrected chi connectivity index (χ1v) is 10.5. The molecule has 28 heavy (non-hydrogen) atoms. The molecule has 0 saturated carbocycles. The molecule has 0 aliphatic carbocycles. The van der Waals surface area contributed by atoms with Gasteiger partial charge in [0.1, 0.15) is 11.5 Å². The number of carbonyl (C=O) groups excluding carboxylic acids is 1. The number of pyridine rings is 1. The number of piperidine rings is 1. The highest BCUT2D eigenvalue weighted by atomic mass is 32.1. The van der Waals surface area contributed by atoms with Crippen LogP contribution in [0.2, 0.25) is 0 Å². The maximum Gasteiger partial charge on any atom is 0.269 e. The number of hydrogen-bond donors (Lipinski definition) is 2. The molecule has 3 aromatic heterocycles. The Hall–Kier alpha value is -2.45. The van der Waals surface area contributed by atoms with Crippen LogP contribution < -0.4 is 11.1 Å². The predicted molar refractivity (Wildman–Crippen MR) is 112 cm³/mol. The summed E-state index contributed by atoms with van der Waals surface area (Å²) in [6.07, 6.45) is 6.93. The van der Waals surface area contributed by atoms with Gasteiger partial charge >= 0.3 is 0 Å². The van der Waals surface area contributed by atoms with Crippen LogP contribution in [-0.4, -0.2) is 45.7 Å². The van der Waals surface area contributed by atoms with Crippen molar-refractivity contribution in [3.63, 3.8) is 0 Å². The number of thiophene rings is 1. The first kappa shape index (κ1) is 18.9. The van der Waals surface area contributed by atoms with E-state index in [2.05, 4.69) is 27.3 Å². The van der Waals surface area contributed by atoms with E-state index in [0.29, 0.717) is 24.0 Å². The van der Waals surface area contributed by atoms with Gasteiger partial charge in [0.15, 0.2) is 0 Å². The van der Waals surface area contributed by atoms with Crippen molar-refractivity contribution in [2.75, 3.05) is 25.9 Å². The van der Waals surface area contributed by atoms with Gasteiger partial charge in [0, 0.05) is 33.9 Å². The lowest BCUT2D eigenvalue weighted by atomic mass is 9.94. The molecule has 0 unspecified atom stereocenters. The number of hydrogen-bond acceptors (Lipinski definition) is 6. The molecule has 0 bridgehead atoms. The van der Waals surface area contributed by atoms with Crippen molar-refractivity contribution in [2.45, 2.75) is 32.4 Å². The molecule has 3 N–H and O–H groups in total. The number of fused-ring (bicyclic) bond motifs is 1. The van der Waals surface area contributed by atoms with Crippen LogP contribution in [0.25, 0.3) is 10.1 Å². The van der Waals surface area contributed by atoms with E-state index >= 15 is 0 Å². The number of likely N-dealkylation sites (tertiary alicyclic amines) is 1. The summed E-state index contributed by atoms with van der Waals surface area (Å²) in [5.74, 6) is 1.15. The van der Waals surface area contributed by atoms with Crippen LogP contribution in [0, 0.1) is 5.92 Å². The molecule has 1 amide bonds. The molecule has 1 fully saturated rings. The Morgan fingerprint density at radius 3 is 2.93 bits per heavy atom. The van der Waals surface area contributed by atoms with Crippen molar-refractivity contribution >= 4 is 33.1 Å². The zero-order valence-corrected chi connectivity index (χ0v) is 16.9. The third kappa shape index (κ3) is 4.18. The summed E-state index contributed by atoms with van der Waals surface area (Å²) < 4.78 is 2.92. The van der Waals surface area contributed by atoms with Crippen molar-refractivity contribution in [3.05, 3.63) is 41.2 Å². The molecule has 1 saturated heterocycles. The number of nitrogens with two attached hydrogens (primary N) is 1. The Morgan fingerprint density at radius 1 is 1.32 bits per heavy atom. The Bertz CT molecular complexity index is 957. The summed E-state index contributed by atoms with van der Waals surface area (Å²) in [4.78, 5) is 20.2. The Morgan fingerprint density at radius 2 is 2.14 bits per heavy atom. The minimum Gasteiger partial charge on any atom is -0.383 e. The van der Waals surface area contributed by atoms with Gasteiger partial charge in [-0.15, -0.1) is 11.3 Å². The lowest BCUT2D eigenvalue weighted by Crippen LogP contribution is -2.31. The second-order valence-corrected chi connectivity index (χ2v) is 8.65. The monoisotopic (exact) mass is 398 g/mol. The molecular weight excluding hydrogens is 372 g/mol. The zero-order chi connectivity index (χ0) is 19.5. The van der Waals surface area contributed by atoms with Gasteiger partial charge < -0.3 is 16.0 Å². The largest absolute Gasteiger partial charge is 0.383 e. The van der Waals surface area contributed by atoms with Gasteiger partial charge in [0.2, 0.25) is 0 Å². The fourth-order valence-electron chi connectivity index (χ4n) is 3.74. The maximum atomic E-state index is 12.7. The molecule has 1 aliphatic heterocycles. The third-order valence-electron chi connectivity index (χ3n) is 5.49. The fourth-order valence-corrected chi connectivity index (χ4v) is 4.75. The molecule has 0 radical (unpaired) electrons. The number of aryl methyl sites for hydroxylation is 1. The summed E-state index contributed by atoms with van der Waals surface area (Å²) >= 11 is 1.62. The molecule has 4 rings (SSSR count). The van der Waals surface area contributed by atoms with Crippen molar-refractivity contribution in [1.82, 2.24) is 25.0 Å². The molecule has 7 nitrogen and oxygen atoms in total. The average molecular weight is 399 g/mol. The number of nitrogen functional groups attached to an aromatic ring is 1. The van der Waals surface area contributed by atoms with Crippen LogP contribution in [0.15, 0.2) is 30.6 Å². The van der Waals surface area contributed by atoms with E-state index in [0.717, 1.165) is 41.0 Å². The molecule has 1 aliphatic rings. The quantitative estimate of drug-likeness (QED) is 0.666. The minimum absolute atomic E-state index is 0.0931. The molecule has 8 heteroatoms. The van der Waals surface area contributed by atoms with E-state index in [4.69, 9.17) is 5.73 Å². The second kappa shape index (κ2) is 8.28. The Labute approximate surface area is 168 Å². The summed E-state index contributed by atoms with van der Waals surface area (Å²) in [6, 6.07) is 5.73. The first-order valence-electron chi connectivity index (χ1n) is 9.71.